The Bertz CT molecular complexity index is 1120. The molecule has 34 heavy (non-hydrogen) atoms. The van der Waals surface area contributed by atoms with Crippen LogP contribution in [0.25, 0.3) is 11.3 Å². The van der Waals surface area contributed by atoms with Gasteiger partial charge in [-0.2, -0.15) is 13.2 Å². The van der Waals surface area contributed by atoms with Crippen LogP contribution in [0.5, 0.6) is 5.75 Å². The van der Waals surface area contributed by atoms with E-state index in [1.54, 1.807) is 18.5 Å². The van der Waals surface area contributed by atoms with Gasteiger partial charge in [0.25, 0.3) is 0 Å². The molecule has 8 heteroatoms. The standard InChI is InChI=1S/C26H28F3N3O2/c1-4-6-25(33)34-23-12-7-19(14-18(23)3)17-32(13-5-2)24-16-30-15-22(31-24)20-8-10-21(11-9-20)26(27,28)29/h7-12,14-16H,4-6,13,17H2,1-3H3. The molecule has 3 rings (SSSR count). The molecule has 0 saturated heterocycles. The lowest BCUT2D eigenvalue weighted by Gasteiger charge is -2.24. The van der Waals surface area contributed by atoms with Crippen molar-refractivity contribution in [3.05, 3.63) is 71.5 Å². The molecular weight excluding hydrogens is 443 g/mol. The van der Waals surface area contributed by atoms with Gasteiger partial charge in [0.15, 0.2) is 0 Å². The second-order valence-corrected chi connectivity index (χ2v) is 8.08. The Morgan fingerprint density at radius 3 is 2.38 bits per heavy atom. The van der Waals surface area contributed by atoms with Gasteiger partial charge in [-0.3, -0.25) is 9.78 Å². The lowest BCUT2D eigenvalue weighted by molar-refractivity contribution is -0.137. The molecule has 0 atom stereocenters. The zero-order valence-corrected chi connectivity index (χ0v) is 19.5. The number of benzene rings is 2. The molecule has 0 saturated carbocycles. The van der Waals surface area contributed by atoms with E-state index in [1.165, 1.54) is 12.1 Å². The van der Waals surface area contributed by atoms with E-state index in [0.717, 1.165) is 42.6 Å². The van der Waals surface area contributed by atoms with Crippen LogP contribution in [-0.4, -0.2) is 22.5 Å². The average Bonchev–Trinajstić information content (AvgIpc) is 2.80. The number of esters is 1. The minimum Gasteiger partial charge on any atom is -0.426 e. The van der Waals surface area contributed by atoms with E-state index >= 15 is 0 Å². The molecule has 0 aliphatic rings. The van der Waals surface area contributed by atoms with E-state index < -0.39 is 11.7 Å². The van der Waals surface area contributed by atoms with E-state index in [2.05, 4.69) is 21.8 Å². The van der Waals surface area contributed by atoms with Crippen molar-refractivity contribution in [1.82, 2.24) is 9.97 Å². The number of ether oxygens (including phenoxy) is 1. The van der Waals surface area contributed by atoms with Gasteiger partial charge in [-0.25, -0.2) is 4.98 Å². The lowest BCUT2D eigenvalue weighted by Crippen LogP contribution is -2.25. The van der Waals surface area contributed by atoms with Gasteiger partial charge in [0.2, 0.25) is 0 Å². The first-order valence-corrected chi connectivity index (χ1v) is 11.3. The Labute approximate surface area is 197 Å². The van der Waals surface area contributed by atoms with E-state index in [1.807, 2.05) is 26.0 Å². The molecule has 1 aromatic heterocycles. The van der Waals surface area contributed by atoms with Gasteiger partial charge in [0.05, 0.1) is 23.7 Å². The number of carbonyl (C=O) groups excluding carboxylic acids is 1. The fourth-order valence-corrected chi connectivity index (χ4v) is 3.54. The first kappa shape index (κ1) is 25.2. The van der Waals surface area contributed by atoms with E-state index in [4.69, 9.17) is 4.74 Å². The molecule has 2 aromatic carbocycles. The summed E-state index contributed by atoms with van der Waals surface area (Å²) < 4.78 is 44.1. The Balaban J connectivity index is 1.80. The van der Waals surface area contributed by atoms with Crippen LogP contribution in [0, 0.1) is 6.92 Å². The van der Waals surface area contributed by atoms with Gasteiger partial charge in [0, 0.05) is 25.1 Å². The number of carbonyl (C=O) groups is 1. The second kappa shape index (κ2) is 11.1. The molecule has 0 amide bonds. The Morgan fingerprint density at radius 2 is 1.76 bits per heavy atom. The van der Waals surface area contributed by atoms with Crippen molar-refractivity contribution in [2.75, 3.05) is 11.4 Å². The fourth-order valence-electron chi connectivity index (χ4n) is 3.54. The highest BCUT2D eigenvalue weighted by atomic mass is 19.4. The molecule has 0 fully saturated rings. The number of anilines is 1. The maximum Gasteiger partial charge on any atom is 0.416 e. The quantitative estimate of drug-likeness (QED) is 0.260. The zero-order valence-electron chi connectivity index (χ0n) is 19.5. The van der Waals surface area contributed by atoms with Crippen LogP contribution in [0.3, 0.4) is 0 Å². The summed E-state index contributed by atoms with van der Waals surface area (Å²) in [6, 6.07) is 10.6. The molecule has 0 radical (unpaired) electrons. The Hall–Kier alpha value is -3.42. The summed E-state index contributed by atoms with van der Waals surface area (Å²) >= 11 is 0. The summed E-state index contributed by atoms with van der Waals surface area (Å²) in [7, 11) is 0. The summed E-state index contributed by atoms with van der Waals surface area (Å²) in [6.07, 6.45) is 0.786. The van der Waals surface area contributed by atoms with Crippen molar-refractivity contribution < 1.29 is 22.7 Å². The summed E-state index contributed by atoms with van der Waals surface area (Å²) in [4.78, 5) is 22.8. The first-order valence-electron chi connectivity index (χ1n) is 11.3. The van der Waals surface area contributed by atoms with Crippen LogP contribution < -0.4 is 9.64 Å². The van der Waals surface area contributed by atoms with Gasteiger partial charge >= 0.3 is 12.1 Å². The number of aryl methyl sites for hydroxylation is 1. The van der Waals surface area contributed by atoms with Crippen molar-refractivity contribution in [3.63, 3.8) is 0 Å². The van der Waals surface area contributed by atoms with E-state index in [-0.39, 0.29) is 5.97 Å². The largest absolute Gasteiger partial charge is 0.426 e. The predicted octanol–water partition coefficient (Wildman–Crippen LogP) is 6.59. The molecule has 0 spiro atoms. The van der Waals surface area contributed by atoms with Gasteiger partial charge in [0.1, 0.15) is 11.6 Å². The van der Waals surface area contributed by atoms with Crippen LogP contribution in [0.1, 0.15) is 49.8 Å². The molecular formula is C26H28F3N3O2. The molecule has 0 bridgehead atoms. The molecule has 180 valence electrons. The molecule has 0 aliphatic heterocycles. The third kappa shape index (κ3) is 6.56. The number of rotatable bonds is 9. The number of aromatic nitrogens is 2. The van der Waals surface area contributed by atoms with Crippen LogP contribution >= 0.6 is 0 Å². The van der Waals surface area contributed by atoms with Crippen LogP contribution in [-0.2, 0) is 17.5 Å². The second-order valence-electron chi connectivity index (χ2n) is 8.08. The highest BCUT2D eigenvalue weighted by molar-refractivity contribution is 5.72. The highest BCUT2D eigenvalue weighted by Crippen LogP contribution is 2.31. The van der Waals surface area contributed by atoms with Gasteiger partial charge < -0.3 is 9.64 Å². The lowest BCUT2D eigenvalue weighted by atomic mass is 10.1. The summed E-state index contributed by atoms with van der Waals surface area (Å²) in [5.74, 6) is 0.935. The summed E-state index contributed by atoms with van der Waals surface area (Å²) in [5, 5.41) is 0. The number of nitrogens with zero attached hydrogens (tertiary/aromatic N) is 3. The van der Waals surface area contributed by atoms with Crippen molar-refractivity contribution >= 4 is 11.8 Å². The molecule has 0 aliphatic carbocycles. The normalized spacial score (nSPS) is 11.4. The van der Waals surface area contributed by atoms with E-state index in [9.17, 15) is 18.0 Å². The Kier molecular flexibility index (Phi) is 8.26. The van der Waals surface area contributed by atoms with Crippen LogP contribution in [0.2, 0.25) is 0 Å². The van der Waals surface area contributed by atoms with Gasteiger partial charge in [-0.05, 0) is 49.1 Å². The average molecular weight is 472 g/mol. The Morgan fingerprint density at radius 1 is 1.03 bits per heavy atom. The van der Waals surface area contributed by atoms with Crippen LogP contribution in [0.4, 0.5) is 19.0 Å². The SMILES string of the molecule is CCCC(=O)Oc1ccc(CN(CCC)c2cncc(-c3ccc(C(F)(F)F)cc3)n2)cc1C. The molecule has 3 aromatic rings. The number of hydrogen-bond acceptors (Lipinski definition) is 5. The fraction of sp³-hybridized carbons (Fsp3) is 0.346. The molecule has 0 N–H and O–H groups in total. The van der Waals surface area contributed by atoms with Gasteiger partial charge in [-0.1, -0.05) is 38.1 Å². The minimum absolute atomic E-state index is 0.249. The number of hydrogen-bond donors (Lipinski definition) is 0. The molecule has 1 heterocycles. The summed E-state index contributed by atoms with van der Waals surface area (Å²) in [6.45, 7) is 7.16. The van der Waals surface area contributed by atoms with Crippen molar-refractivity contribution in [3.8, 4) is 17.0 Å². The maximum absolute atomic E-state index is 12.9. The smallest absolute Gasteiger partial charge is 0.416 e. The van der Waals surface area contributed by atoms with Crippen molar-refractivity contribution in [2.24, 2.45) is 0 Å². The van der Waals surface area contributed by atoms with Crippen molar-refractivity contribution in [1.29, 1.82) is 0 Å². The monoisotopic (exact) mass is 471 g/mol. The topological polar surface area (TPSA) is 55.3 Å². The third-order valence-corrected chi connectivity index (χ3v) is 5.24. The zero-order chi connectivity index (χ0) is 24.7. The molecule has 5 nitrogen and oxygen atoms in total. The van der Waals surface area contributed by atoms with Crippen LogP contribution in [0.15, 0.2) is 54.9 Å². The maximum atomic E-state index is 12.9. The molecule has 0 unspecified atom stereocenters. The summed E-state index contributed by atoms with van der Waals surface area (Å²) in [5.41, 5.74) is 2.24. The number of alkyl halides is 3. The van der Waals surface area contributed by atoms with Gasteiger partial charge in [-0.15, -0.1) is 0 Å². The minimum atomic E-state index is -4.38. The van der Waals surface area contributed by atoms with E-state index in [0.29, 0.717) is 35.8 Å². The highest BCUT2D eigenvalue weighted by Gasteiger charge is 2.30. The van der Waals surface area contributed by atoms with Crippen molar-refractivity contribution in [2.45, 2.75) is 52.8 Å². The number of halogens is 3. The first-order chi connectivity index (χ1) is 16.2. The third-order valence-electron chi connectivity index (χ3n) is 5.24. The predicted molar refractivity (Wildman–Crippen MR) is 126 cm³/mol.